The van der Waals surface area contributed by atoms with E-state index in [1.54, 1.807) is 6.07 Å². The highest BCUT2D eigenvalue weighted by molar-refractivity contribution is 5.39. The van der Waals surface area contributed by atoms with Gasteiger partial charge in [-0.05, 0) is 26.3 Å². The van der Waals surface area contributed by atoms with Crippen molar-refractivity contribution in [1.82, 2.24) is 4.90 Å². The van der Waals surface area contributed by atoms with Gasteiger partial charge in [0.25, 0.3) is 0 Å². The fourth-order valence-corrected chi connectivity index (χ4v) is 2.40. The molecule has 0 radical (unpaired) electrons. The van der Waals surface area contributed by atoms with Gasteiger partial charge in [0.2, 0.25) is 0 Å². The molecule has 112 valence electrons. The second kappa shape index (κ2) is 6.95. The highest BCUT2D eigenvalue weighted by atomic mass is 16.5. The summed E-state index contributed by atoms with van der Waals surface area (Å²) in [5.74, 6) is 1.04. The summed E-state index contributed by atoms with van der Waals surface area (Å²) in [6.07, 6.45) is 1.21. The van der Waals surface area contributed by atoms with Gasteiger partial charge in [0, 0.05) is 30.8 Å². The molecule has 1 aliphatic heterocycles. The Labute approximate surface area is 121 Å². The fraction of sp³-hybridized carbons (Fsp3) is 0.625. The summed E-state index contributed by atoms with van der Waals surface area (Å²) in [4.78, 5) is 2.34. The lowest BCUT2D eigenvalue weighted by atomic mass is 10.1. The van der Waals surface area contributed by atoms with E-state index in [9.17, 15) is 5.11 Å². The number of hydrogen-bond acceptors (Lipinski definition) is 4. The van der Waals surface area contributed by atoms with Crippen molar-refractivity contribution in [2.75, 3.05) is 19.8 Å². The topological polar surface area (TPSA) is 41.9 Å². The van der Waals surface area contributed by atoms with Crippen LogP contribution in [-0.4, -0.2) is 41.9 Å². The zero-order valence-electron chi connectivity index (χ0n) is 12.6. The molecule has 1 aromatic rings. The van der Waals surface area contributed by atoms with E-state index in [0.717, 1.165) is 37.4 Å². The first-order chi connectivity index (χ1) is 9.60. The Morgan fingerprint density at radius 1 is 1.40 bits per heavy atom. The molecule has 0 spiro atoms. The summed E-state index contributed by atoms with van der Waals surface area (Å²) in [7, 11) is 0. The van der Waals surface area contributed by atoms with Gasteiger partial charge in [-0.15, -0.1) is 0 Å². The highest BCUT2D eigenvalue weighted by Gasteiger charge is 2.24. The smallest absolute Gasteiger partial charge is 0.123 e. The zero-order chi connectivity index (χ0) is 14.5. The Balaban J connectivity index is 2.01. The number of rotatable bonds is 5. The summed E-state index contributed by atoms with van der Waals surface area (Å²) in [5, 5.41) is 10.1. The molecule has 0 aromatic heterocycles. The van der Waals surface area contributed by atoms with Crippen LogP contribution in [0, 0.1) is 0 Å². The third kappa shape index (κ3) is 3.87. The van der Waals surface area contributed by atoms with Gasteiger partial charge >= 0.3 is 0 Å². The summed E-state index contributed by atoms with van der Waals surface area (Å²) in [6.45, 7) is 9.37. The van der Waals surface area contributed by atoms with Gasteiger partial charge in [-0.25, -0.2) is 0 Å². The van der Waals surface area contributed by atoms with Crippen LogP contribution in [0.15, 0.2) is 18.2 Å². The monoisotopic (exact) mass is 279 g/mol. The van der Waals surface area contributed by atoms with Gasteiger partial charge in [-0.3, -0.25) is 4.90 Å². The van der Waals surface area contributed by atoms with Gasteiger partial charge in [-0.1, -0.05) is 13.0 Å². The van der Waals surface area contributed by atoms with Crippen molar-refractivity contribution in [1.29, 1.82) is 0 Å². The predicted molar refractivity (Wildman–Crippen MR) is 79.2 cm³/mol. The van der Waals surface area contributed by atoms with Crippen molar-refractivity contribution in [3.63, 3.8) is 0 Å². The standard InChI is InChI=1S/C16H25NO3/c1-4-7-19-15-6-5-14(16(18)8-15)10-17-9-13(3)20-11-12(17)2/h5-6,8,12-13,18H,4,7,9-11H2,1-3H3. The molecule has 0 bridgehead atoms. The minimum Gasteiger partial charge on any atom is -0.507 e. The molecule has 2 unspecified atom stereocenters. The van der Waals surface area contributed by atoms with E-state index in [1.807, 2.05) is 12.1 Å². The number of hydrogen-bond donors (Lipinski definition) is 1. The van der Waals surface area contributed by atoms with Crippen molar-refractivity contribution >= 4 is 0 Å². The summed E-state index contributed by atoms with van der Waals surface area (Å²) in [6, 6.07) is 5.97. The van der Waals surface area contributed by atoms with Crippen LogP contribution >= 0.6 is 0 Å². The van der Waals surface area contributed by atoms with Gasteiger partial charge in [0.1, 0.15) is 11.5 Å². The largest absolute Gasteiger partial charge is 0.507 e. The Morgan fingerprint density at radius 3 is 2.90 bits per heavy atom. The molecule has 0 saturated carbocycles. The molecule has 20 heavy (non-hydrogen) atoms. The van der Waals surface area contributed by atoms with E-state index >= 15 is 0 Å². The molecule has 1 heterocycles. The molecule has 1 saturated heterocycles. The molecule has 4 nitrogen and oxygen atoms in total. The zero-order valence-corrected chi connectivity index (χ0v) is 12.6. The van der Waals surface area contributed by atoms with Crippen LogP contribution in [0.1, 0.15) is 32.8 Å². The summed E-state index contributed by atoms with van der Waals surface area (Å²) >= 11 is 0. The molecule has 1 N–H and O–H groups in total. The minimum atomic E-state index is 0.250. The Bertz CT molecular complexity index is 436. The molecule has 0 amide bonds. The molecule has 1 fully saturated rings. The van der Waals surface area contributed by atoms with Gasteiger partial charge in [0.15, 0.2) is 0 Å². The third-order valence-corrected chi connectivity index (χ3v) is 3.64. The maximum atomic E-state index is 10.1. The molecule has 4 heteroatoms. The maximum absolute atomic E-state index is 10.1. The van der Waals surface area contributed by atoms with E-state index in [2.05, 4.69) is 25.7 Å². The molecule has 2 rings (SSSR count). The van der Waals surface area contributed by atoms with Crippen LogP contribution in [-0.2, 0) is 11.3 Å². The van der Waals surface area contributed by atoms with Crippen molar-refractivity contribution in [3.05, 3.63) is 23.8 Å². The number of ether oxygens (including phenoxy) is 2. The quantitative estimate of drug-likeness (QED) is 0.900. The molecule has 0 aliphatic carbocycles. The average Bonchev–Trinajstić information content (AvgIpc) is 2.43. The van der Waals surface area contributed by atoms with Crippen molar-refractivity contribution in [2.24, 2.45) is 0 Å². The molecule has 1 aromatic carbocycles. The highest BCUT2D eigenvalue weighted by Crippen LogP contribution is 2.26. The number of nitrogens with zero attached hydrogens (tertiary/aromatic N) is 1. The summed E-state index contributed by atoms with van der Waals surface area (Å²) < 4.78 is 11.2. The number of benzene rings is 1. The minimum absolute atomic E-state index is 0.250. The predicted octanol–water partition coefficient (Wildman–Crippen LogP) is 2.79. The lowest BCUT2D eigenvalue weighted by Crippen LogP contribution is -2.46. The first-order valence-electron chi connectivity index (χ1n) is 7.40. The van der Waals surface area contributed by atoms with Crippen LogP contribution in [0.2, 0.25) is 0 Å². The van der Waals surface area contributed by atoms with Crippen LogP contribution in [0.25, 0.3) is 0 Å². The van der Waals surface area contributed by atoms with E-state index in [-0.39, 0.29) is 6.10 Å². The van der Waals surface area contributed by atoms with Crippen LogP contribution in [0.5, 0.6) is 11.5 Å². The SMILES string of the molecule is CCCOc1ccc(CN2CC(C)OCC2C)c(O)c1. The van der Waals surface area contributed by atoms with Gasteiger partial charge < -0.3 is 14.6 Å². The maximum Gasteiger partial charge on any atom is 0.123 e. The number of phenolic OH excluding ortho intramolecular Hbond substituents is 1. The Kier molecular flexibility index (Phi) is 5.26. The van der Waals surface area contributed by atoms with Crippen LogP contribution < -0.4 is 4.74 Å². The Morgan fingerprint density at radius 2 is 2.20 bits per heavy atom. The van der Waals surface area contributed by atoms with Crippen molar-refractivity contribution in [3.8, 4) is 11.5 Å². The van der Waals surface area contributed by atoms with E-state index in [1.165, 1.54) is 0 Å². The molecular weight excluding hydrogens is 254 g/mol. The second-order valence-electron chi connectivity index (χ2n) is 5.56. The molecule has 1 aliphatic rings. The van der Waals surface area contributed by atoms with E-state index in [4.69, 9.17) is 9.47 Å². The lowest BCUT2D eigenvalue weighted by Gasteiger charge is -2.36. The lowest BCUT2D eigenvalue weighted by molar-refractivity contribution is -0.0528. The van der Waals surface area contributed by atoms with Crippen molar-refractivity contribution < 1.29 is 14.6 Å². The number of aromatic hydroxyl groups is 1. The second-order valence-corrected chi connectivity index (χ2v) is 5.56. The molecule has 2 atom stereocenters. The fourth-order valence-electron chi connectivity index (χ4n) is 2.40. The first kappa shape index (κ1) is 15.1. The van der Waals surface area contributed by atoms with Gasteiger partial charge in [-0.2, -0.15) is 0 Å². The average molecular weight is 279 g/mol. The number of morpholine rings is 1. The number of phenols is 1. The van der Waals surface area contributed by atoms with Crippen LogP contribution in [0.4, 0.5) is 0 Å². The Hall–Kier alpha value is -1.26. The normalized spacial score (nSPS) is 23.8. The van der Waals surface area contributed by atoms with E-state index in [0.29, 0.717) is 18.4 Å². The van der Waals surface area contributed by atoms with Crippen molar-refractivity contribution in [2.45, 2.75) is 45.9 Å². The first-order valence-corrected chi connectivity index (χ1v) is 7.40. The molecular formula is C16H25NO3. The van der Waals surface area contributed by atoms with E-state index < -0.39 is 0 Å². The third-order valence-electron chi connectivity index (χ3n) is 3.64. The van der Waals surface area contributed by atoms with Gasteiger partial charge in [0.05, 0.1) is 19.3 Å². The van der Waals surface area contributed by atoms with Crippen LogP contribution in [0.3, 0.4) is 0 Å². The summed E-state index contributed by atoms with van der Waals surface area (Å²) in [5.41, 5.74) is 0.940.